The largest absolute Gasteiger partial charge is 0.338 e. The first kappa shape index (κ1) is 47.0. The number of hydrogen-bond acceptors (Lipinski definition) is 5. The zero-order valence-corrected chi connectivity index (χ0v) is 30.5. The van der Waals surface area contributed by atoms with E-state index in [9.17, 15) is 19.2 Å². The van der Waals surface area contributed by atoms with Gasteiger partial charge in [0.25, 0.3) is 11.8 Å². The number of para-hydroxylation sites is 2. The van der Waals surface area contributed by atoms with E-state index in [-0.39, 0.29) is 63.7 Å². The molecule has 4 aromatic rings. The first-order valence-corrected chi connectivity index (χ1v) is 18.4. The zero-order chi connectivity index (χ0) is 38.0. The highest BCUT2D eigenvalue weighted by Gasteiger charge is 2.44. The molecule has 0 bridgehead atoms. The van der Waals surface area contributed by atoms with E-state index < -0.39 is 0 Å². The average molecular weight is 769 g/mol. The lowest BCUT2D eigenvalue weighted by Gasteiger charge is -2.41. The quantitative estimate of drug-likeness (QED) is 0.0686. The topological polar surface area (TPSA) is 98.8 Å². The summed E-state index contributed by atoms with van der Waals surface area (Å²) in [6.07, 6.45) is 15.2. The van der Waals surface area contributed by atoms with Crippen molar-refractivity contribution >= 4 is 35.0 Å². The predicted molar refractivity (Wildman–Crippen MR) is 236 cm³/mol. The molecule has 1 aliphatic carbocycles. The summed E-state index contributed by atoms with van der Waals surface area (Å²) in [4.78, 5) is 51.6. The number of nitrogens with zero attached hydrogens (tertiary/aromatic N) is 2. The molecule has 3 atom stereocenters. The lowest BCUT2D eigenvalue weighted by Crippen LogP contribution is -2.50. The summed E-state index contributed by atoms with van der Waals surface area (Å²) in [6, 6.07) is 38.8. The molecule has 0 saturated carbocycles. The Bertz CT molecular complexity index is 1890. The van der Waals surface area contributed by atoms with E-state index in [1.54, 1.807) is 30.3 Å². The Morgan fingerprint density at radius 2 is 1.32 bits per heavy atom. The number of likely N-dealkylation sites (tertiary alicyclic amines) is 1. The minimum absolute atomic E-state index is 0. The van der Waals surface area contributed by atoms with E-state index in [1.165, 1.54) is 17.7 Å². The highest BCUT2D eigenvalue weighted by atomic mass is 16.2. The van der Waals surface area contributed by atoms with Crippen molar-refractivity contribution in [2.24, 2.45) is 17.8 Å². The van der Waals surface area contributed by atoms with Gasteiger partial charge in [-0.15, -0.1) is 0 Å². The standard InChI is InChI=1S/C23H24N2O2.C13H17N.C10H7NO2.3CH4/c26-22(24-19-11-5-2-6-12-19)20-13-7-10-18-14-15-25(23(27)21(18)20)16-17-8-3-1-4-9-17;1-2-3-4-8-11-14-12-13-9-6-5-7-10-13;12-9-6-7-10(13)11(9)8-4-2-1-3-5-8;;;/h1-12,18,20-21H,13-16H2,(H,24,26);2-7,9-10,14H,1,8,11-12H2;1-7H;3*1H4/b;4-3+;;;;/t18-,20-,21+;;;;;/m0...../s1. The Morgan fingerprint density at radius 1 is 0.754 bits per heavy atom. The molecule has 2 heterocycles. The SMILES string of the molecule is C.C.C.C=C/C=C/CCNCc1ccccc1.O=C(Nc1ccccc1)[C@H]1CC=C[C@H]2CCN(Cc3ccccc3)C(=O)[C@@H]12.O=C1C=CC(=O)N1c1ccccc1. The van der Waals surface area contributed by atoms with E-state index in [0.29, 0.717) is 18.7 Å². The van der Waals surface area contributed by atoms with Gasteiger partial charge in [0.1, 0.15) is 0 Å². The molecule has 4 amide bonds. The second-order valence-corrected chi connectivity index (χ2v) is 13.1. The van der Waals surface area contributed by atoms with Gasteiger partial charge in [-0.3, -0.25) is 19.2 Å². The van der Waals surface area contributed by atoms with Crippen molar-refractivity contribution in [2.45, 2.75) is 54.6 Å². The molecular formula is C49H60N4O4. The van der Waals surface area contributed by atoms with Crippen LogP contribution >= 0.6 is 0 Å². The van der Waals surface area contributed by atoms with Gasteiger partial charge in [-0.2, -0.15) is 0 Å². The van der Waals surface area contributed by atoms with Crippen molar-refractivity contribution < 1.29 is 19.2 Å². The van der Waals surface area contributed by atoms with Crippen LogP contribution in [0, 0.1) is 17.8 Å². The molecule has 2 aliphatic heterocycles. The molecule has 57 heavy (non-hydrogen) atoms. The van der Waals surface area contributed by atoms with Gasteiger partial charge in [-0.05, 0) is 67.1 Å². The number of carbonyl (C=O) groups is 4. The Hall–Kier alpha value is -6.12. The molecule has 8 heteroatoms. The van der Waals surface area contributed by atoms with Crippen LogP contribution in [0.2, 0.25) is 0 Å². The number of benzene rings is 4. The van der Waals surface area contributed by atoms with E-state index in [4.69, 9.17) is 0 Å². The Labute approximate surface area is 340 Å². The number of hydrogen-bond donors (Lipinski definition) is 2. The van der Waals surface area contributed by atoms with Crippen LogP contribution in [0.5, 0.6) is 0 Å². The second-order valence-electron chi connectivity index (χ2n) is 13.1. The molecule has 0 unspecified atom stereocenters. The zero-order valence-electron chi connectivity index (χ0n) is 30.5. The smallest absolute Gasteiger partial charge is 0.258 e. The van der Waals surface area contributed by atoms with E-state index >= 15 is 0 Å². The van der Waals surface area contributed by atoms with Gasteiger partial charge < -0.3 is 15.5 Å². The maximum absolute atomic E-state index is 13.2. The molecule has 1 saturated heterocycles. The summed E-state index contributed by atoms with van der Waals surface area (Å²) in [6.45, 7) is 6.93. The molecule has 2 N–H and O–H groups in total. The second kappa shape index (κ2) is 25.1. The molecule has 4 aromatic carbocycles. The number of rotatable bonds is 11. The number of allylic oxidation sites excluding steroid dienone is 4. The number of amides is 4. The fourth-order valence-corrected chi connectivity index (χ4v) is 6.65. The molecule has 300 valence electrons. The number of nitrogens with one attached hydrogen (secondary N) is 2. The maximum atomic E-state index is 13.2. The summed E-state index contributed by atoms with van der Waals surface area (Å²) < 4.78 is 0. The number of carbonyl (C=O) groups excluding carboxylic acids is 4. The summed E-state index contributed by atoms with van der Waals surface area (Å²) >= 11 is 0. The van der Waals surface area contributed by atoms with Crippen molar-refractivity contribution in [3.63, 3.8) is 0 Å². The first-order chi connectivity index (χ1) is 26.4. The van der Waals surface area contributed by atoms with Crippen molar-refractivity contribution in [1.29, 1.82) is 0 Å². The van der Waals surface area contributed by atoms with Gasteiger partial charge in [-0.1, -0.05) is 156 Å². The number of imide groups is 1. The van der Waals surface area contributed by atoms with Crippen LogP contribution in [0.1, 0.15) is 52.7 Å². The molecule has 7 rings (SSSR count). The average Bonchev–Trinajstić information content (AvgIpc) is 3.56. The highest BCUT2D eigenvalue weighted by molar-refractivity contribution is 6.28. The van der Waals surface area contributed by atoms with Crippen molar-refractivity contribution in [3.8, 4) is 0 Å². The third-order valence-electron chi connectivity index (χ3n) is 9.35. The van der Waals surface area contributed by atoms with Crippen LogP contribution in [0.3, 0.4) is 0 Å². The molecular weight excluding hydrogens is 709 g/mol. The van der Waals surface area contributed by atoms with Gasteiger partial charge in [0, 0.05) is 37.5 Å². The minimum Gasteiger partial charge on any atom is -0.338 e. The fourth-order valence-electron chi connectivity index (χ4n) is 6.65. The molecule has 8 nitrogen and oxygen atoms in total. The number of fused-ring (bicyclic) bond motifs is 1. The third kappa shape index (κ3) is 14.2. The lowest BCUT2D eigenvalue weighted by atomic mass is 9.71. The van der Waals surface area contributed by atoms with Crippen LogP contribution in [0.4, 0.5) is 11.4 Å². The maximum Gasteiger partial charge on any atom is 0.258 e. The molecule has 3 aliphatic rings. The van der Waals surface area contributed by atoms with Gasteiger partial charge in [0.05, 0.1) is 17.5 Å². The molecule has 0 radical (unpaired) electrons. The van der Waals surface area contributed by atoms with Gasteiger partial charge >= 0.3 is 0 Å². The summed E-state index contributed by atoms with van der Waals surface area (Å²) in [5, 5.41) is 6.36. The monoisotopic (exact) mass is 768 g/mol. The van der Waals surface area contributed by atoms with Gasteiger partial charge in [0.15, 0.2) is 0 Å². The third-order valence-corrected chi connectivity index (χ3v) is 9.35. The summed E-state index contributed by atoms with van der Waals surface area (Å²) in [5.41, 5.74) is 3.85. The van der Waals surface area contributed by atoms with Crippen LogP contribution in [0.15, 0.2) is 170 Å². The van der Waals surface area contributed by atoms with Gasteiger partial charge in [-0.25, -0.2) is 4.90 Å². The van der Waals surface area contributed by atoms with Crippen LogP contribution in [-0.4, -0.2) is 41.6 Å². The van der Waals surface area contributed by atoms with Crippen molar-refractivity contribution in [2.75, 3.05) is 23.3 Å². The highest BCUT2D eigenvalue weighted by Crippen LogP contribution is 2.38. The Balaban J connectivity index is 0.000000318. The lowest BCUT2D eigenvalue weighted by molar-refractivity contribution is -0.147. The summed E-state index contributed by atoms with van der Waals surface area (Å²) in [7, 11) is 0. The Kier molecular flexibility index (Phi) is 20.7. The van der Waals surface area contributed by atoms with Crippen molar-refractivity contribution in [1.82, 2.24) is 10.2 Å². The van der Waals surface area contributed by atoms with Crippen LogP contribution in [0.25, 0.3) is 0 Å². The first-order valence-electron chi connectivity index (χ1n) is 18.4. The fraction of sp³-hybridized carbons (Fsp3) is 0.265. The number of piperidine rings is 1. The minimum atomic E-state index is -0.314. The van der Waals surface area contributed by atoms with Gasteiger partial charge in [0.2, 0.25) is 11.8 Å². The van der Waals surface area contributed by atoms with Crippen LogP contribution < -0.4 is 15.5 Å². The normalized spacial score (nSPS) is 17.7. The predicted octanol–water partition coefficient (Wildman–Crippen LogP) is 9.80. The van der Waals surface area contributed by atoms with Crippen LogP contribution in [-0.2, 0) is 32.3 Å². The summed E-state index contributed by atoms with van der Waals surface area (Å²) in [5.74, 6) is -0.942. The van der Waals surface area contributed by atoms with E-state index in [2.05, 4.69) is 59.7 Å². The molecule has 1 fully saturated rings. The van der Waals surface area contributed by atoms with E-state index in [0.717, 1.165) is 48.6 Å². The molecule has 0 spiro atoms. The van der Waals surface area contributed by atoms with Crippen molar-refractivity contribution in [3.05, 3.63) is 182 Å². The number of anilines is 2. The Morgan fingerprint density at radius 3 is 1.91 bits per heavy atom. The van der Waals surface area contributed by atoms with E-state index in [1.807, 2.05) is 83.8 Å². The molecule has 0 aromatic heterocycles.